The van der Waals surface area contributed by atoms with E-state index in [9.17, 15) is 9.59 Å². The number of nitrogens with one attached hydrogen (secondary N) is 1. The van der Waals surface area contributed by atoms with Gasteiger partial charge in [-0.05, 0) is 26.2 Å². The standard InChI is InChI=1S/C13H25NO3/c1-6-9(2)10(3)11(15)14-8-7-13(4,5)12(16)17/h9-10H,6-8H2,1-5H3,(H,14,15)(H,16,17). The van der Waals surface area contributed by atoms with Crippen molar-refractivity contribution < 1.29 is 14.7 Å². The first-order valence-electron chi connectivity index (χ1n) is 6.23. The van der Waals surface area contributed by atoms with Gasteiger partial charge in [-0.3, -0.25) is 9.59 Å². The molecule has 4 heteroatoms. The molecule has 0 aromatic heterocycles. The van der Waals surface area contributed by atoms with E-state index >= 15 is 0 Å². The number of hydrogen-bond acceptors (Lipinski definition) is 2. The van der Waals surface area contributed by atoms with Gasteiger partial charge in [0.2, 0.25) is 5.91 Å². The van der Waals surface area contributed by atoms with Crippen LogP contribution in [0.15, 0.2) is 0 Å². The molecule has 0 aromatic rings. The molecule has 0 bridgehead atoms. The number of carboxylic acid groups (broad SMARTS) is 1. The van der Waals surface area contributed by atoms with Gasteiger partial charge in [-0.15, -0.1) is 0 Å². The van der Waals surface area contributed by atoms with Crippen LogP contribution < -0.4 is 5.32 Å². The molecule has 2 N–H and O–H groups in total. The Morgan fingerprint density at radius 3 is 2.24 bits per heavy atom. The predicted octanol–water partition coefficient (Wildman–Crippen LogP) is 2.29. The Balaban J connectivity index is 4.06. The molecule has 0 saturated carbocycles. The van der Waals surface area contributed by atoms with E-state index in [0.29, 0.717) is 18.9 Å². The van der Waals surface area contributed by atoms with Crippen molar-refractivity contribution in [2.45, 2.75) is 47.5 Å². The number of rotatable bonds is 7. The van der Waals surface area contributed by atoms with Crippen molar-refractivity contribution in [3.8, 4) is 0 Å². The van der Waals surface area contributed by atoms with E-state index in [4.69, 9.17) is 5.11 Å². The molecule has 0 aliphatic heterocycles. The summed E-state index contributed by atoms with van der Waals surface area (Å²) in [7, 11) is 0. The fourth-order valence-electron chi connectivity index (χ4n) is 1.38. The minimum Gasteiger partial charge on any atom is -0.481 e. The first-order chi connectivity index (χ1) is 7.72. The van der Waals surface area contributed by atoms with Crippen molar-refractivity contribution >= 4 is 11.9 Å². The quantitative estimate of drug-likeness (QED) is 0.721. The molecule has 0 heterocycles. The molecule has 0 radical (unpaired) electrons. The fraction of sp³-hybridized carbons (Fsp3) is 0.846. The number of carboxylic acids is 1. The Bertz CT molecular complexity index is 274. The largest absolute Gasteiger partial charge is 0.481 e. The fourth-order valence-corrected chi connectivity index (χ4v) is 1.38. The molecule has 0 saturated heterocycles. The highest BCUT2D eigenvalue weighted by molar-refractivity contribution is 5.78. The van der Waals surface area contributed by atoms with Gasteiger partial charge in [0.25, 0.3) is 0 Å². The Morgan fingerprint density at radius 1 is 1.29 bits per heavy atom. The zero-order valence-corrected chi connectivity index (χ0v) is 11.5. The van der Waals surface area contributed by atoms with Crippen LogP contribution in [0.3, 0.4) is 0 Å². The summed E-state index contributed by atoms with van der Waals surface area (Å²) in [5.74, 6) is -0.488. The number of aliphatic carboxylic acids is 1. The van der Waals surface area contributed by atoms with Crippen LogP contribution in [0.4, 0.5) is 0 Å². The van der Waals surface area contributed by atoms with Gasteiger partial charge in [-0.1, -0.05) is 27.2 Å². The summed E-state index contributed by atoms with van der Waals surface area (Å²) in [5.41, 5.74) is -0.785. The van der Waals surface area contributed by atoms with Crippen LogP contribution in [0, 0.1) is 17.3 Å². The normalized spacial score (nSPS) is 15.1. The molecule has 1 amide bonds. The minimum absolute atomic E-state index is 0.0144. The maximum absolute atomic E-state index is 11.7. The molecule has 0 aromatic carbocycles. The average molecular weight is 243 g/mol. The first kappa shape index (κ1) is 15.9. The third kappa shape index (κ3) is 5.20. The van der Waals surface area contributed by atoms with Gasteiger partial charge >= 0.3 is 5.97 Å². The maximum atomic E-state index is 11.7. The lowest BCUT2D eigenvalue weighted by atomic mass is 9.89. The summed E-state index contributed by atoms with van der Waals surface area (Å²) >= 11 is 0. The average Bonchev–Trinajstić information content (AvgIpc) is 2.26. The summed E-state index contributed by atoms with van der Waals surface area (Å²) in [6.07, 6.45) is 1.41. The van der Waals surface area contributed by atoms with Crippen molar-refractivity contribution in [1.29, 1.82) is 0 Å². The summed E-state index contributed by atoms with van der Waals surface area (Å²) in [5, 5.41) is 11.7. The third-order valence-corrected chi connectivity index (χ3v) is 3.54. The molecular formula is C13H25NO3. The molecule has 0 aliphatic carbocycles. The topological polar surface area (TPSA) is 66.4 Å². The van der Waals surface area contributed by atoms with Gasteiger partial charge in [0.1, 0.15) is 0 Å². The Hall–Kier alpha value is -1.06. The van der Waals surface area contributed by atoms with E-state index in [1.54, 1.807) is 13.8 Å². The highest BCUT2D eigenvalue weighted by Gasteiger charge is 2.27. The van der Waals surface area contributed by atoms with Crippen LogP contribution in [0.2, 0.25) is 0 Å². The molecule has 0 aliphatic rings. The molecule has 0 fully saturated rings. The Morgan fingerprint density at radius 2 is 1.82 bits per heavy atom. The number of carbonyl (C=O) groups excluding carboxylic acids is 1. The second kappa shape index (κ2) is 6.62. The van der Waals surface area contributed by atoms with E-state index in [1.807, 2.05) is 13.8 Å². The monoisotopic (exact) mass is 243 g/mol. The number of amides is 1. The summed E-state index contributed by atoms with van der Waals surface area (Å²) < 4.78 is 0. The second-order valence-corrected chi connectivity index (χ2v) is 5.40. The number of carbonyl (C=O) groups is 2. The highest BCUT2D eigenvalue weighted by atomic mass is 16.4. The smallest absolute Gasteiger partial charge is 0.309 e. The van der Waals surface area contributed by atoms with Gasteiger partial charge in [0, 0.05) is 12.5 Å². The van der Waals surface area contributed by atoms with Crippen molar-refractivity contribution in [2.24, 2.45) is 17.3 Å². The van der Waals surface area contributed by atoms with Crippen LogP contribution in [-0.4, -0.2) is 23.5 Å². The lowest BCUT2D eigenvalue weighted by Crippen LogP contribution is -2.36. The van der Waals surface area contributed by atoms with Gasteiger partial charge in [-0.25, -0.2) is 0 Å². The van der Waals surface area contributed by atoms with Gasteiger partial charge in [-0.2, -0.15) is 0 Å². The van der Waals surface area contributed by atoms with Crippen molar-refractivity contribution in [3.63, 3.8) is 0 Å². The summed E-state index contributed by atoms with van der Waals surface area (Å²) in [4.78, 5) is 22.6. The second-order valence-electron chi connectivity index (χ2n) is 5.40. The predicted molar refractivity (Wildman–Crippen MR) is 67.7 cm³/mol. The van der Waals surface area contributed by atoms with Crippen LogP contribution in [-0.2, 0) is 9.59 Å². The molecule has 0 rings (SSSR count). The van der Waals surface area contributed by atoms with Crippen molar-refractivity contribution in [3.05, 3.63) is 0 Å². The molecular weight excluding hydrogens is 218 g/mol. The highest BCUT2D eigenvalue weighted by Crippen LogP contribution is 2.20. The lowest BCUT2D eigenvalue weighted by molar-refractivity contribution is -0.147. The third-order valence-electron chi connectivity index (χ3n) is 3.54. The van der Waals surface area contributed by atoms with E-state index in [0.717, 1.165) is 6.42 Å². The molecule has 2 unspecified atom stereocenters. The van der Waals surface area contributed by atoms with Crippen LogP contribution >= 0.6 is 0 Å². The van der Waals surface area contributed by atoms with Crippen LogP contribution in [0.25, 0.3) is 0 Å². The van der Waals surface area contributed by atoms with E-state index in [1.165, 1.54) is 0 Å². The minimum atomic E-state index is -0.832. The first-order valence-corrected chi connectivity index (χ1v) is 6.23. The Kier molecular flexibility index (Phi) is 6.21. The molecule has 100 valence electrons. The number of hydrogen-bond donors (Lipinski definition) is 2. The van der Waals surface area contributed by atoms with Gasteiger partial charge < -0.3 is 10.4 Å². The zero-order valence-electron chi connectivity index (χ0n) is 11.5. The SMILES string of the molecule is CCC(C)C(C)C(=O)NCCC(C)(C)C(=O)O. The van der Waals surface area contributed by atoms with Crippen LogP contribution in [0.1, 0.15) is 47.5 Å². The summed E-state index contributed by atoms with van der Waals surface area (Å²) in [6.45, 7) is 9.76. The maximum Gasteiger partial charge on any atom is 0.309 e. The van der Waals surface area contributed by atoms with Gasteiger partial charge in [0.05, 0.1) is 5.41 Å². The van der Waals surface area contributed by atoms with E-state index in [-0.39, 0.29) is 11.8 Å². The van der Waals surface area contributed by atoms with Gasteiger partial charge in [0.15, 0.2) is 0 Å². The zero-order chi connectivity index (χ0) is 13.6. The lowest BCUT2D eigenvalue weighted by Gasteiger charge is -2.21. The molecule has 17 heavy (non-hydrogen) atoms. The van der Waals surface area contributed by atoms with Crippen LogP contribution in [0.5, 0.6) is 0 Å². The molecule has 0 spiro atoms. The molecule has 4 nitrogen and oxygen atoms in total. The van der Waals surface area contributed by atoms with Crippen molar-refractivity contribution in [1.82, 2.24) is 5.32 Å². The van der Waals surface area contributed by atoms with Crippen molar-refractivity contribution in [2.75, 3.05) is 6.54 Å². The Labute approximate surface area is 104 Å². The summed E-state index contributed by atoms with van der Waals surface area (Å²) in [6, 6.07) is 0. The molecule has 2 atom stereocenters. The van der Waals surface area contributed by atoms with E-state index < -0.39 is 11.4 Å². The van der Waals surface area contributed by atoms with E-state index in [2.05, 4.69) is 12.2 Å².